The van der Waals surface area contributed by atoms with Crippen molar-refractivity contribution in [3.63, 3.8) is 0 Å². The molecule has 0 aromatic carbocycles. The van der Waals surface area contributed by atoms with Gasteiger partial charge in [-0.05, 0) is 18.1 Å². The Morgan fingerprint density at radius 3 is 2.85 bits per heavy atom. The first-order valence-corrected chi connectivity index (χ1v) is 5.95. The molecule has 76 valence electrons. The summed E-state index contributed by atoms with van der Waals surface area (Å²) in [4.78, 5) is 11.2. The number of Topliss-reactive ketones (excluding diaryl/α,β-unsaturated/α-hetero) is 1. The molecule has 0 amide bonds. The van der Waals surface area contributed by atoms with Crippen molar-refractivity contribution in [1.82, 2.24) is 0 Å². The summed E-state index contributed by atoms with van der Waals surface area (Å²) in [6.45, 7) is 4.31. The quantitative estimate of drug-likeness (QED) is 0.754. The van der Waals surface area contributed by atoms with Gasteiger partial charge < -0.3 is 5.11 Å². The highest BCUT2D eigenvalue weighted by Crippen LogP contribution is 2.33. The zero-order chi connectivity index (χ0) is 9.84. The van der Waals surface area contributed by atoms with Crippen molar-refractivity contribution in [1.29, 1.82) is 0 Å². The number of hydrogen-bond donors (Lipinski definition) is 1. The molecule has 2 nitrogen and oxygen atoms in total. The Morgan fingerprint density at radius 2 is 2.38 bits per heavy atom. The topological polar surface area (TPSA) is 37.3 Å². The summed E-state index contributed by atoms with van der Waals surface area (Å²) in [7, 11) is 0. The molecule has 0 aromatic rings. The molecule has 0 saturated heterocycles. The SMILES string of the molecule is CC(CO)CSC1CCC(=O)C1C. The summed E-state index contributed by atoms with van der Waals surface area (Å²) >= 11 is 1.85. The van der Waals surface area contributed by atoms with Crippen LogP contribution in [0.1, 0.15) is 26.7 Å². The minimum absolute atomic E-state index is 0.232. The predicted molar refractivity (Wildman–Crippen MR) is 55.9 cm³/mol. The number of thioether (sulfide) groups is 1. The van der Waals surface area contributed by atoms with Gasteiger partial charge in [0.25, 0.3) is 0 Å². The first-order valence-electron chi connectivity index (χ1n) is 4.90. The summed E-state index contributed by atoms with van der Waals surface area (Å²) in [6, 6.07) is 0. The molecule has 0 spiro atoms. The van der Waals surface area contributed by atoms with Crippen LogP contribution in [-0.2, 0) is 4.79 Å². The summed E-state index contributed by atoms with van der Waals surface area (Å²) in [5, 5.41) is 9.35. The van der Waals surface area contributed by atoms with Crippen LogP contribution < -0.4 is 0 Å². The third-order valence-corrected chi connectivity index (χ3v) is 4.48. The van der Waals surface area contributed by atoms with Gasteiger partial charge in [0.2, 0.25) is 0 Å². The van der Waals surface area contributed by atoms with Crippen molar-refractivity contribution in [3.8, 4) is 0 Å². The zero-order valence-electron chi connectivity index (χ0n) is 8.32. The molecule has 13 heavy (non-hydrogen) atoms. The molecule has 1 aliphatic carbocycles. The standard InChI is InChI=1S/C10H18O2S/c1-7(5-11)6-13-10-4-3-9(12)8(10)2/h7-8,10-11H,3-6H2,1-2H3. The third kappa shape index (κ3) is 2.99. The number of aliphatic hydroxyl groups excluding tert-OH is 1. The highest BCUT2D eigenvalue weighted by molar-refractivity contribution is 7.99. The molecule has 0 heterocycles. The number of aliphatic hydroxyl groups is 1. The lowest BCUT2D eigenvalue weighted by Crippen LogP contribution is -2.15. The van der Waals surface area contributed by atoms with E-state index in [0.29, 0.717) is 17.0 Å². The number of rotatable bonds is 4. The third-order valence-electron chi connectivity index (χ3n) is 2.65. The van der Waals surface area contributed by atoms with E-state index >= 15 is 0 Å². The summed E-state index contributed by atoms with van der Waals surface area (Å²) in [6.07, 6.45) is 1.79. The van der Waals surface area contributed by atoms with Crippen molar-refractivity contribution in [3.05, 3.63) is 0 Å². The van der Waals surface area contributed by atoms with Crippen LogP contribution in [0.4, 0.5) is 0 Å². The van der Waals surface area contributed by atoms with Crippen LogP contribution >= 0.6 is 11.8 Å². The van der Waals surface area contributed by atoms with E-state index in [1.807, 2.05) is 25.6 Å². The monoisotopic (exact) mass is 202 g/mol. The normalized spacial score (nSPS) is 30.8. The largest absolute Gasteiger partial charge is 0.396 e. The van der Waals surface area contributed by atoms with Gasteiger partial charge >= 0.3 is 0 Å². The maximum absolute atomic E-state index is 11.2. The van der Waals surface area contributed by atoms with Crippen LogP contribution in [0, 0.1) is 11.8 Å². The van der Waals surface area contributed by atoms with Crippen LogP contribution in [0.2, 0.25) is 0 Å². The van der Waals surface area contributed by atoms with E-state index in [4.69, 9.17) is 5.11 Å². The van der Waals surface area contributed by atoms with E-state index in [0.717, 1.165) is 18.6 Å². The molecule has 1 rings (SSSR count). The van der Waals surface area contributed by atoms with Gasteiger partial charge in [-0.2, -0.15) is 11.8 Å². The minimum atomic E-state index is 0.232. The highest BCUT2D eigenvalue weighted by atomic mass is 32.2. The second kappa shape index (κ2) is 5.01. The van der Waals surface area contributed by atoms with Crippen molar-refractivity contribution in [2.45, 2.75) is 31.9 Å². The molecule has 1 aliphatic rings. The lowest BCUT2D eigenvalue weighted by molar-refractivity contribution is -0.120. The van der Waals surface area contributed by atoms with Gasteiger partial charge in [0.05, 0.1) is 0 Å². The van der Waals surface area contributed by atoms with Gasteiger partial charge in [-0.1, -0.05) is 13.8 Å². The maximum atomic E-state index is 11.2. The first-order chi connectivity index (χ1) is 6.15. The van der Waals surface area contributed by atoms with Crippen LogP contribution in [0.15, 0.2) is 0 Å². The molecule has 3 atom stereocenters. The predicted octanol–water partition coefficient (Wildman–Crippen LogP) is 1.72. The molecular formula is C10H18O2S. The van der Waals surface area contributed by atoms with E-state index in [9.17, 15) is 4.79 Å². The molecule has 1 saturated carbocycles. The van der Waals surface area contributed by atoms with Crippen molar-refractivity contribution < 1.29 is 9.90 Å². The van der Waals surface area contributed by atoms with Crippen LogP contribution in [0.25, 0.3) is 0 Å². The van der Waals surface area contributed by atoms with Gasteiger partial charge in [-0.15, -0.1) is 0 Å². The van der Waals surface area contributed by atoms with Crippen molar-refractivity contribution in [2.24, 2.45) is 11.8 Å². The Morgan fingerprint density at radius 1 is 1.69 bits per heavy atom. The lowest BCUT2D eigenvalue weighted by Gasteiger charge is -2.15. The fourth-order valence-electron chi connectivity index (χ4n) is 1.54. The molecule has 3 heteroatoms. The fourth-order valence-corrected chi connectivity index (χ4v) is 2.94. The number of carbonyl (C=O) groups excluding carboxylic acids is 1. The van der Waals surface area contributed by atoms with Gasteiger partial charge in [0.15, 0.2) is 0 Å². The highest BCUT2D eigenvalue weighted by Gasteiger charge is 2.31. The number of ketones is 1. The molecule has 1 N–H and O–H groups in total. The van der Waals surface area contributed by atoms with Crippen LogP contribution in [0.5, 0.6) is 0 Å². The average Bonchev–Trinajstić information content (AvgIpc) is 2.44. The summed E-state index contributed by atoms with van der Waals surface area (Å²) in [5.74, 6) is 1.97. The van der Waals surface area contributed by atoms with Gasteiger partial charge in [-0.3, -0.25) is 4.79 Å². The molecule has 0 aromatic heterocycles. The van der Waals surface area contributed by atoms with Gasteiger partial charge in [0.1, 0.15) is 5.78 Å². The van der Waals surface area contributed by atoms with E-state index in [1.165, 1.54) is 0 Å². The molecule has 1 fully saturated rings. The Balaban J connectivity index is 2.26. The van der Waals surface area contributed by atoms with E-state index in [1.54, 1.807) is 0 Å². The van der Waals surface area contributed by atoms with Crippen molar-refractivity contribution in [2.75, 3.05) is 12.4 Å². The fraction of sp³-hybridized carbons (Fsp3) is 0.900. The molecule has 0 bridgehead atoms. The molecular weight excluding hydrogens is 184 g/mol. The maximum Gasteiger partial charge on any atom is 0.136 e. The van der Waals surface area contributed by atoms with Gasteiger partial charge in [-0.25, -0.2) is 0 Å². The molecule has 3 unspecified atom stereocenters. The minimum Gasteiger partial charge on any atom is -0.396 e. The smallest absolute Gasteiger partial charge is 0.136 e. The average molecular weight is 202 g/mol. The lowest BCUT2D eigenvalue weighted by atomic mass is 10.1. The number of carbonyl (C=O) groups is 1. The van der Waals surface area contributed by atoms with Crippen LogP contribution in [0.3, 0.4) is 0 Å². The Labute approximate surface area is 84.1 Å². The van der Waals surface area contributed by atoms with E-state index in [2.05, 4.69) is 0 Å². The first kappa shape index (κ1) is 11.1. The molecule has 0 aliphatic heterocycles. The Hall–Kier alpha value is -0.0200. The second-order valence-electron chi connectivity index (χ2n) is 3.95. The molecule has 0 radical (unpaired) electrons. The summed E-state index contributed by atoms with van der Waals surface area (Å²) in [5.41, 5.74) is 0. The Kier molecular flexibility index (Phi) is 4.26. The Bertz CT molecular complexity index is 182. The van der Waals surface area contributed by atoms with Gasteiger partial charge in [0, 0.05) is 24.2 Å². The number of hydrogen-bond acceptors (Lipinski definition) is 3. The van der Waals surface area contributed by atoms with Crippen LogP contribution in [-0.4, -0.2) is 28.5 Å². The second-order valence-corrected chi connectivity index (χ2v) is 5.23. The van der Waals surface area contributed by atoms with E-state index < -0.39 is 0 Å². The van der Waals surface area contributed by atoms with Crippen molar-refractivity contribution >= 4 is 17.5 Å². The zero-order valence-corrected chi connectivity index (χ0v) is 9.14. The summed E-state index contributed by atoms with van der Waals surface area (Å²) < 4.78 is 0. The van der Waals surface area contributed by atoms with E-state index in [-0.39, 0.29) is 12.5 Å².